The summed E-state index contributed by atoms with van der Waals surface area (Å²) < 4.78 is 5.36. The van der Waals surface area contributed by atoms with Crippen molar-refractivity contribution in [2.75, 3.05) is 13.7 Å². The maximum Gasteiger partial charge on any atom is 0.346 e. The number of urea groups is 1. The predicted octanol–water partition coefficient (Wildman–Crippen LogP) is 2.59. The number of amidine groups is 1. The third-order valence-electron chi connectivity index (χ3n) is 3.72. The van der Waals surface area contributed by atoms with Crippen molar-refractivity contribution in [3.8, 4) is 5.75 Å². The van der Waals surface area contributed by atoms with Gasteiger partial charge < -0.3 is 15.4 Å². The lowest BCUT2D eigenvalue weighted by atomic mass is 10.0. The van der Waals surface area contributed by atoms with Crippen molar-refractivity contribution in [2.45, 2.75) is 18.9 Å². The van der Waals surface area contributed by atoms with Crippen LogP contribution in [0.15, 0.2) is 23.2 Å². The molecule has 1 aliphatic heterocycles. The van der Waals surface area contributed by atoms with E-state index in [-0.39, 0.29) is 11.9 Å². The Morgan fingerprint density at radius 2 is 2.25 bits per heavy atom. The molecule has 106 valence electrons. The third kappa shape index (κ3) is 2.22. The predicted molar refractivity (Wildman–Crippen MR) is 77.2 cm³/mol. The molecule has 2 aliphatic rings. The first kappa shape index (κ1) is 13.2. The number of carbonyl (C=O) groups is 1. The number of methoxy groups -OCH3 is 1. The first-order valence-corrected chi connectivity index (χ1v) is 6.96. The van der Waals surface area contributed by atoms with Crippen LogP contribution in [0.2, 0.25) is 5.02 Å². The fourth-order valence-electron chi connectivity index (χ4n) is 2.53. The molecule has 3 rings (SSSR count). The van der Waals surface area contributed by atoms with Gasteiger partial charge in [0.25, 0.3) is 0 Å². The molecule has 0 radical (unpaired) electrons. The summed E-state index contributed by atoms with van der Waals surface area (Å²) in [6.45, 7) is 0.669. The monoisotopic (exact) mass is 293 g/mol. The molecule has 1 aliphatic carbocycles. The molecule has 5 nitrogen and oxygen atoms in total. The number of amides is 2. The maximum atomic E-state index is 12.0. The van der Waals surface area contributed by atoms with Crippen molar-refractivity contribution >= 4 is 23.5 Å². The van der Waals surface area contributed by atoms with E-state index in [4.69, 9.17) is 22.1 Å². The molecule has 0 spiro atoms. The molecule has 2 N–H and O–H groups in total. The SMILES string of the molecule is COc1cccc(Cl)c1C1C(N)=NC(=O)N1CC1CC1. The molecular formula is C14H16ClN3O2. The van der Waals surface area contributed by atoms with Gasteiger partial charge in [-0.25, -0.2) is 4.79 Å². The highest BCUT2D eigenvalue weighted by atomic mass is 35.5. The number of hydrogen-bond donors (Lipinski definition) is 1. The summed E-state index contributed by atoms with van der Waals surface area (Å²) in [6.07, 6.45) is 2.30. The zero-order chi connectivity index (χ0) is 14.3. The summed E-state index contributed by atoms with van der Waals surface area (Å²) >= 11 is 6.29. The van der Waals surface area contributed by atoms with Gasteiger partial charge in [0, 0.05) is 12.1 Å². The zero-order valence-corrected chi connectivity index (χ0v) is 11.9. The molecule has 6 heteroatoms. The lowest BCUT2D eigenvalue weighted by Crippen LogP contribution is -2.35. The second-order valence-corrected chi connectivity index (χ2v) is 5.58. The fraction of sp³-hybridized carbons (Fsp3) is 0.429. The Bertz CT molecular complexity index is 584. The van der Waals surface area contributed by atoms with E-state index in [0.29, 0.717) is 28.8 Å². The Kier molecular flexibility index (Phi) is 3.30. The number of halogens is 1. The van der Waals surface area contributed by atoms with Crippen LogP contribution in [0.25, 0.3) is 0 Å². The average Bonchev–Trinajstić information content (AvgIpc) is 3.18. The van der Waals surface area contributed by atoms with Crippen LogP contribution < -0.4 is 10.5 Å². The molecular weight excluding hydrogens is 278 g/mol. The number of nitrogens with two attached hydrogens (primary N) is 1. The summed E-state index contributed by atoms with van der Waals surface area (Å²) in [5.74, 6) is 1.45. The Labute approximate surface area is 122 Å². The first-order valence-electron chi connectivity index (χ1n) is 6.59. The highest BCUT2D eigenvalue weighted by molar-refractivity contribution is 6.32. The van der Waals surface area contributed by atoms with E-state index >= 15 is 0 Å². The minimum Gasteiger partial charge on any atom is -0.496 e. The Morgan fingerprint density at radius 3 is 2.90 bits per heavy atom. The molecule has 0 saturated heterocycles. The van der Waals surface area contributed by atoms with Crippen LogP contribution in [0, 0.1) is 5.92 Å². The van der Waals surface area contributed by atoms with Crippen LogP contribution in [0.3, 0.4) is 0 Å². The average molecular weight is 294 g/mol. The van der Waals surface area contributed by atoms with E-state index in [0.717, 1.165) is 12.8 Å². The number of carbonyl (C=O) groups excluding carboxylic acids is 1. The van der Waals surface area contributed by atoms with Crippen LogP contribution >= 0.6 is 11.6 Å². The van der Waals surface area contributed by atoms with Gasteiger partial charge in [-0.05, 0) is 30.9 Å². The summed E-state index contributed by atoms with van der Waals surface area (Å²) in [7, 11) is 1.57. The molecule has 1 heterocycles. The molecule has 1 aromatic rings. The van der Waals surface area contributed by atoms with Gasteiger partial charge in [0.05, 0.1) is 12.1 Å². The van der Waals surface area contributed by atoms with Gasteiger partial charge in [-0.1, -0.05) is 17.7 Å². The van der Waals surface area contributed by atoms with Crippen molar-refractivity contribution < 1.29 is 9.53 Å². The number of hydrogen-bond acceptors (Lipinski definition) is 3. The molecule has 2 amide bonds. The number of ether oxygens (including phenoxy) is 1. The van der Waals surface area contributed by atoms with Crippen molar-refractivity contribution in [2.24, 2.45) is 16.6 Å². The number of nitrogens with zero attached hydrogens (tertiary/aromatic N) is 2. The number of benzene rings is 1. The zero-order valence-electron chi connectivity index (χ0n) is 11.2. The van der Waals surface area contributed by atoms with Gasteiger partial charge >= 0.3 is 6.03 Å². The van der Waals surface area contributed by atoms with E-state index in [1.165, 1.54) is 0 Å². The largest absolute Gasteiger partial charge is 0.496 e. The Balaban J connectivity index is 2.01. The van der Waals surface area contributed by atoms with Crippen molar-refractivity contribution in [1.82, 2.24) is 4.90 Å². The summed E-state index contributed by atoms with van der Waals surface area (Å²) in [5.41, 5.74) is 6.67. The van der Waals surface area contributed by atoms with Gasteiger partial charge in [0.1, 0.15) is 17.6 Å². The molecule has 1 saturated carbocycles. The lowest BCUT2D eigenvalue weighted by molar-refractivity contribution is 0.203. The van der Waals surface area contributed by atoms with Gasteiger partial charge in [-0.15, -0.1) is 0 Å². The van der Waals surface area contributed by atoms with Crippen LogP contribution in [0.4, 0.5) is 4.79 Å². The summed E-state index contributed by atoms with van der Waals surface area (Å²) in [5, 5.41) is 0.531. The first-order chi connectivity index (χ1) is 9.61. The number of aliphatic imine (C=N–C) groups is 1. The second-order valence-electron chi connectivity index (χ2n) is 5.17. The van der Waals surface area contributed by atoms with E-state index in [1.54, 1.807) is 24.1 Å². The standard InChI is InChI=1S/C14H16ClN3O2/c1-20-10-4-2-3-9(15)11(10)12-13(16)17-14(19)18(12)7-8-5-6-8/h2-4,8,12H,5-7H2,1H3,(H2,16,17,19). The van der Waals surface area contributed by atoms with Crippen LogP contribution in [0.5, 0.6) is 5.75 Å². The maximum absolute atomic E-state index is 12.0. The van der Waals surface area contributed by atoms with E-state index in [1.807, 2.05) is 6.07 Å². The Hall–Kier alpha value is -1.75. The quantitative estimate of drug-likeness (QED) is 0.928. The van der Waals surface area contributed by atoms with E-state index in [9.17, 15) is 4.79 Å². The molecule has 1 unspecified atom stereocenters. The van der Waals surface area contributed by atoms with Gasteiger partial charge in [0.2, 0.25) is 0 Å². The minimum absolute atomic E-state index is 0.280. The molecule has 1 fully saturated rings. The second kappa shape index (κ2) is 4.98. The molecule has 20 heavy (non-hydrogen) atoms. The highest BCUT2D eigenvalue weighted by Crippen LogP contribution is 2.40. The summed E-state index contributed by atoms with van der Waals surface area (Å²) in [4.78, 5) is 17.6. The van der Waals surface area contributed by atoms with E-state index < -0.39 is 6.04 Å². The van der Waals surface area contributed by atoms with Crippen molar-refractivity contribution in [3.05, 3.63) is 28.8 Å². The summed E-state index contributed by atoms with van der Waals surface area (Å²) in [6, 6.07) is 4.67. The van der Waals surface area contributed by atoms with Crippen LogP contribution in [0.1, 0.15) is 24.4 Å². The van der Waals surface area contributed by atoms with Gasteiger partial charge in [0.15, 0.2) is 0 Å². The molecule has 0 bridgehead atoms. The third-order valence-corrected chi connectivity index (χ3v) is 4.05. The van der Waals surface area contributed by atoms with Crippen molar-refractivity contribution in [1.29, 1.82) is 0 Å². The van der Waals surface area contributed by atoms with E-state index in [2.05, 4.69) is 4.99 Å². The molecule has 1 aromatic carbocycles. The topological polar surface area (TPSA) is 67.9 Å². The van der Waals surface area contributed by atoms with Gasteiger partial charge in [-0.3, -0.25) is 0 Å². The fourth-order valence-corrected chi connectivity index (χ4v) is 2.80. The molecule has 1 atom stereocenters. The van der Waals surface area contributed by atoms with Crippen LogP contribution in [-0.2, 0) is 0 Å². The van der Waals surface area contributed by atoms with Crippen LogP contribution in [-0.4, -0.2) is 30.4 Å². The Morgan fingerprint density at radius 1 is 1.50 bits per heavy atom. The smallest absolute Gasteiger partial charge is 0.346 e. The minimum atomic E-state index is -0.424. The molecule has 0 aromatic heterocycles. The normalized spacial score (nSPS) is 22.1. The number of rotatable bonds is 4. The van der Waals surface area contributed by atoms with Gasteiger partial charge in [-0.2, -0.15) is 4.99 Å². The van der Waals surface area contributed by atoms with Crippen molar-refractivity contribution in [3.63, 3.8) is 0 Å². The lowest BCUT2D eigenvalue weighted by Gasteiger charge is -2.26. The highest BCUT2D eigenvalue weighted by Gasteiger charge is 2.40.